The molecule has 22 heavy (non-hydrogen) atoms. The lowest BCUT2D eigenvalue weighted by Crippen LogP contribution is -2.26. The van der Waals surface area contributed by atoms with E-state index in [-0.39, 0.29) is 22.5 Å². The van der Waals surface area contributed by atoms with Gasteiger partial charge in [-0.05, 0) is 18.2 Å². The van der Waals surface area contributed by atoms with Crippen LogP contribution in [0.25, 0.3) is 11.1 Å². The first-order valence-corrected chi connectivity index (χ1v) is 6.13. The van der Waals surface area contributed by atoms with Crippen molar-refractivity contribution in [2.75, 3.05) is 0 Å². The summed E-state index contributed by atoms with van der Waals surface area (Å²) in [5.74, 6) is -0.716. The van der Waals surface area contributed by atoms with Crippen molar-refractivity contribution in [3.8, 4) is 5.75 Å². The molecule has 0 unspecified atom stereocenters. The molecule has 110 valence electrons. The Kier molecular flexibility index (Phi) is 3.18. The predicted octanol–water partition coefficient (Wildman–Crippen LogP) is 2.55. The number of rotatable bonds is 2. The Morgan fingerprint density at radius 3 is 2.59 bits per heavy atom. The van der Waals surface area contributed by atoms with Crippen molar-refractivity contribution in [3.63, 3.8) is 0 Å². The van der Waals surface area contributed by atoms with Gasteiger partial charge >= 0.3 is 11.8 Å². The molecule has 2 aromatic carbocycles. The lowest BCUT2D eigenvalue weighted by Gasteiger charge is -2.03. The van der Waals surface area contributed by atoms with Crippen LogP contribution in [0.4, 0.5) is 10.5 Å². The lowest BCUT2D eigenvalue weighted by molar-refractivity contribution is -0.384. The van der Waals surface area contributed by atoms with E-state index in [0.717, 1.165) is 6.07 Å². The van der Waals surface area contributed by atoms with Crippen LogP contribution in [-0.2, 0) is 0 Å². The van der Waals surface area contributed by atoms with Crippen molar-refractivity contribution in [1.29, 1.82) is 0 Å². The molecule has 0 fully saturated rings. The van der Waals surface area contributed by atoms with E-state index in [1.165, 1.54) is 12.1 Å². The second-order valence-corrected chi connectivity index (χ2v) is 4.29. The SMILES string of the molecule is O=C(Oc1ccccc1)n1c(=O)oc2cc([N+](=O)[O-])ccc21. The van der Waals surface area contributed by atoms with Gasteiger partial charge in [0.25, 0.3) is 5.69 Å². The van der Waals surface area contributed by atoms with E-state index in [1.54, 1.807) is 30.3 Å². The zero-order chi connectivity index (χ0) is 15.7. The maximum atomic E-state index is 12.1. The van der Waals surface area contributed by atoms with Crippen LogP contribution >= 0.6 is 0 Å². The third-order valence-corrected chi connectivity index (χ3v) is 2.91. The number of nitrogens with zero attached hydrogens (tertiary/aromatic N) is 2. The van der Waals surface area contributed by atoms with Crippen LogP contribution in [0.5, 0.6) is 5.75 Å². The van der Waals surface area contributed by atoms with Gasteiger partial charge in [-0.2, -0.15) is 4.57 Å². The first-order chi connectivity index (χ1) is 10.6. The van der Waals surface area contributed by atoms with E-state index in [9.17, 15) is 19.7 Å². The fourth-order valence-electron chi connectivity index (χ4n) is 1.93. The highest BCUT2D eigenvalue weighted by Gasteiger charge is 2.20. The van der Waals surface area contributed by atoms with Gasteiger partial charge in [0, 0.05) is 6.07 Å². The molecule has 0 saturated heterocycles. The molecule has 0 N–H and O–H groups in total. The number of aromatic nitrogens is 1. The number of hydrogen-bond donors (Lipinski definition) is 0. The van der Waals surface area contributed by atoms with Crippen LogP contribution in [0.2, 0.25) is 0 Å². The Hall–Kier alpha value is -3.42. The molecule has 8 heteroatoms. The molecule has 0 radical (unpaired) electrons. The van der Waals surface area contributed by atoms with Gasteiger partial charge in [-0.1, -0.05) is 18.2 Å². The Bertz CT molecular complexity index is 925. The largest absolute Gasteiger partial charge is 0.429 e. The summed E-state index contributed by atoms with van der Waals surface area (Å²) in [7, 11) is 0. The van der Waals surface area contributed by atoms with Crippen molar-refractivity contribution in [2.45, 2.75) is 0 Å². The van der Waals surface area contributed by atoms with E-state index in [2.05, 4.69) is 0 Å². The van der Waals surface area contributed by atoms with Crippen molar-refractivity contribution in [2.24, 2.45) is 0 Å². The average Bonchev–Trinajstić information content (AvgIpc) is 2.83. The number of fused-ring (bicyclic) bond motifs is 1. The molecule has 1 aromatic heterocycles. The number of non-ortho nitro benzene ring substituents is 1. The van der Waals surface area contributed by atoms with Crippen LogP contribution in [0.15, 0.2) is 57.7 Å². The average molecular weight is 300 g/mol. The summed E-state index contributed by atoms with van der Waals surface area (Å²) in [6.07, 6.45) is -0.955. The number of benzene rings is 2. The highest BCUT2D eigenvalue weighted by Crippen LogP contribution is 2.20. The second kappa shape index (κ2) is 5.17. The van der Waals surface area contributed by atoms with Crippen LogP contribution in [0.3, 0.4) is 0 Å². The fraction of sp³-hybridized carbons (Fsp3) is 0. The second-order valence-electron chi connectivity index (χ2n) is 4.29. The van der Waals surface area contributed by atoms with Crippen LogP contribution in [0.1, 0.15) is 0 Å². The molecule has 0 aliphatic carbocycles. The van der Waals surface area contributed by atoms with Gasteiger partial charge in [-0.3, -0.25) is 10.1 Å². The lowest BCUT2D eigenvalue weighted by atomic mass is 10.3. The number of oxazole rings is 1. The van der Waals surface area contributed by atoms with Gasteiger partial charge in [0.2, 0.25) is 0 Å². The summed E-state index contributed by atoms with van der Waals surface area (Å²) in [5, 5.41) is 10.7. The van der Waals surface area contributed by atoms with E-state index in [4.69, 9.17) is 9.15 Å². The minimum atomic E-state index is -0.976. The molecule has 0 aliphatic rings. The number of nitro groups is 1. The predicted molar refractivity (Wildman–Crippen MR) is 75.0 cm³/mol. The normalized spacial score (nSPS) is 10.5. The highest BCUT2D eigenvalue weighted by atomic mass is 16.6. The summed E-state index contributed by atoms with van der Waals surface area (Å²) in [6, 6.07) is 11.7. The topological polar surface area (TPSA) is 105 Å². The van der Waals surface area contributed by atoms with Crippen LogP contribution in [-0.4, -0.2) is 15.6 Å². The molecule has 0 bridgehead atoms. The molecule has 1 heterocycles. The van der Waals surface area contributed by atoms with Gasteiger partial charge in [0.15, 0.2) is 5.58 Å². The molecular formula is C14H8N2O6. The number of carbonyl (C=O) groups is 1. The minimum absolute atomic E-state index is 0.0655. The first-order valence-electron chi connectivity index (χ1n) is 6.13. The van der Waals surface area contributed by atoms with E-state index >= 15 is 0 Å². The Labute approximate surface area is 122 Å². The highest BCUT2D eigenvalue weighted by molar-refractivity contribution is 5.87. The number of carbonyl (C=O) groups excluding carboxylic acids is 1. The molecule has 0 atom stereocenters. The van der Waals surface area contributed by atoms with Gasteiger partial charge < -0.3 is 9.15 Å². The van der Waals surface area contributed by atoms with Crippen LogP contribution < -0.4 is 10.5 Å². The fourth-order valence-corrected chi connectivity index (χ4v) is 1.93. The molecule has 0 aliphatic heterocycles. The van der Waals surface area contributed by atoms with Crippen LogP contribution in [0, 0.1) is 10.1 Å². The number of nitro benzene ring substituents is 1. The van der Waals surface area contributed by atoms with Crippen molar-refractivity contribution in [3.05, 3.63) is 69.2 Å². The molecule has 0 amide bonds. The van der Waals surface area contributed by atoms with Crippen molar-refractivity contribution >= 4 is 22.9 Å². The van der Waals surface area contributed by atoms with Crippen molar-refractivity contribution in [1.82, 2.24) is 4.57 Å². The van der Waals surface area contributed by atoms with Gasteiger partial charge in [0.05, 0.1) is 11.0 Å². The molecule has 8 nitrogen and oxygen atoms in total. The molecule has 3 rings (SSSR count). The monoisotopic (exact) mass is 300 g/mol. The summed E-state index contributed by atoms with van der Waals surface area (Å²) in [5.41, 5.74) is -0.217. The molecule has 3 aromatic rings. The third-order valence-electron chi connectivity index (χ3n) is 2.91. The Balaban J connectivity index is 2.03. The number of para-hydroxylation sites is 1. The Morgan fingerprint density at radius 2 is 1.91 bits per heavy atom. The van der Waals surface area contributed by atoms with E-state index in [1.807, 2.05) is 0 Å². The van der Waals surface area contributed by atoms with E-state index in [0.29, 0.717) is 4.57 Å². The molecular weight excluding hydrogens is 292 g/mol. The smallest absolute Gasteiger partial charge is 0.410 e. The minimum Gasteiger partial charge on any atom is -0.410 e. The summed E-state index contributed by atoms with van der Waals surface area (Å²) < 4.78 is 10.6. The zero-order valence-electron chi connectivity index (χ0n) is 11.0. The number of hydrogen-bond acceptors (Lipinski definition) is 6. The summed E-state index contributed by atoms with van der Waals surface area (Å²) in [6.45, 7) is 0. The standard InChI is InChI=1S/C14H8N2O6/c17-13(21-10-4-2-1-3-5-10)15-11-7-6-9(16(19)20)8-12(11)22-14(15)18/h1-8H. The number of ether oxygens (including phenoxy) is 1. The van der Waals surface area contributed by atoms with Gasteiger partial charge in [0.1, 0.15) is 11.3 Å². The van der Waals surface area contributed by atoms with Crippen molar-refractivity contribution < 1.29 is 18.9 Å². The quantitative estimate of drug-likeness (QED) is 0.532. The third kappa shape index (κ3) is 2.33. The summed E-state index contributed by atoms with van der Waals surface area (Å²) in [4.78, 5) is 33.9. The first kappa shape index (κ1) is 13.6. The van der Waals surface area contributed by atoms with Gasteiger partial charge in [-0.25, -0.2) is 9.59 Å². The maximum Gasteiger partial charge on any atom is 0.429 e. The van der Waals surface area contributed by atoms with Gasteiger partial charge in [-0.15, -0.1) is 0 Å². The zero-order valence-corrected chi connectivity index (χ0v) is 11.0. The molecule has 0 saturated carbocycles. The summed E-state index contributed by atoms with van der Waals surface area (Å²) >= 11 is 0. The maximum absolute atomic E-state index is 12.1. The molecule has 0 spiro atoms. The van der Waals surface area contributed by atoms with E-state index < -0.39 is 16.8 Å². The Morgan fingerprint density at radius 1 is 1.18 bits per heavy atom.